The Hall–Kier alpha value is -0.170. The Morgan fingerprint density at radius 3 is 2.79 bits per heavy atom. The molecule has 2 aliphatic heterocycles. The highest BCUT2D eigenvalue weighted by Gasteiger charge is 2.36. The minimum Gasteiger partial charge on any atom is -0.315 e. The van der Waals surface area contributed by atoms with E-state index in [2.05, 4.69) is 5.32 Å². The average molecular weight is 219 g/mol. The van der Waals surface area contributed by atoms with Crippen LogP contribution in [-0.4, -0.2) is 56.3 Å². The van der Waals surface area contributed by atoms with E-state index in [-0.39, 0.29) is 6.04 Å². The molecule has 0 aromatic rings. The van der Waals surface area contributed by atoms with Crippen LogP contribution in [0.25, 0.3) is 0 Å². The highest BCUT2D eigenvalue weighted by molar-refractivity contribution is 7.86. The molecule has 0 saturated carbocycles. The Balaban J connectivity index is 2.16. The van der Waals surface area contributed by atoms with Crippen LogP contribution >= 0.6 is 0 Å². The van der Waals surface area contributed by atoms with Gasteiger partial charge in [0, 0.05) is 32.7 Å². The van der Waals surface area contributed by atoms with Crippen LogP contribution in [-0.2, 0) is 10.2 Å². The van der Waals surface area contributed by atoms with Crippen LogP contribution in [0.1, 0.15) is 12.8 Å². The lowest BCUT2D eigenvalue weighted by atomic mass is 10.2. The summed E-state index contributed by atoms with van der Waals surface area (Å²) < 4.78 is 27.0. The molecular weight excluding hydrogens is 202 g/mol. The average Bonchev–Trinajstić information content (AvgIpc) is 2.62. The molecule has 2 aliphatic rings. The third-order valence-corrected chi connectivity index (χ3v) is 5.03. The van der Waals surface area contributed by atoms with E-state index in [9.17, 15) is 8.42 Å². The molecule has 2 fully saturated rings. The lowest BCUT2D eigenvalue weighted by Gasteiger charge is -2.35. The lowest BCUT2D eigenvalue weighted by Crippen LogP contribution is -2.52. The predicted molar refractivity (Wildman–Crippen MR) is 54.1 cm³/mol. The van der Waals surface area contributed by atoms with Crippen LogP contribution in [0.5, 0.6) is 0 Å². The minimum atomic E-state index is -3.16. The van der Waals surface area contributed by atoms with Crippen molar-refractivity contribution in [3.8, 4) is 0 Å². The van der Waals surface area contributed by atoms with Crippen molar-refractivity contribution in [3.63, 3.8) is 0 Å². The molecule has 5 nitrogen and oxygen atoms in total. The van der Waals surface area contributed by atoms with Gasteiger partial charge >= 0.3 is 0 Å². The highest BCUT2D eigenvalue weighted by Crippen LogP contribution is 2.20. The van der Waals surface area contributed by atoms with E-state index in [0.717, 1.165) is 25.9 Å². The zero-order valence-electron chi connectivity index (χ0n) is 8.44. The third kappa shape index (κ3) is 1.67. The molecule has 82 valence electrons. The van der Waals surface area contributed by atoms with E-state index in [1.807, 2.05) is 0 Å². The number of rotatable bonds is 1. The van der Waals surface area contributed by atoms with Gasteiger partial charge in [-0.3, -0.25) is 0 Å². The first kappa shape index (κ1) is 10.4. The fraction of sp³-hybridized carbons (Fsp3) is 1.00. The number of hydrogen-bond donors (Lipinski definition) is 1. The van der Waals surface area contributed by atoms with E-state index < -0.39 is 10.2 Å². The molecule has 0 spiro atoms. The maximum atomic E-state index is 11.9. The largest absolute Gasteiger partial charge is 0.315 e. The minimum absolute atomic E-state index is 0.169. The quantitative estimate of drug-likeness (QED) is 0.630. The van der Waals surface area contributed by atoms with Crippen LogP contribution in [0.4, 0.5) is 0 Å². The second-order valence-corrected chi connectivity index (χ2v) is 5.93. The SMILES string of the molecule is CN1CCCN([C@H]2CCNC2)S1(=O)=O. The van der Waals surface area contributed by atoms with E-state index in [4.69, 9.17) is 0 Å². The zero-order chi connectivity index (χ0) is 10.2. The van der Waals surface area contributed by atoms with Gasteiger partial charge in [-0.05, 0) is 19.4 Å². The Kier molecular flexibility index (Phi) is 2.79. The van der Waals surface area contributed by atoms with Crippen LogP contribution in [0, 0.1) is 0 Å². The molecule has 6 heteroatoms. The van der Waals surface area contributed by atoms with Gasteiger partial charge in [-0.2, -0.15) is 17.0 Å². The van der Waals surface area contributed by atoms with E-state index in [1.165, 1.54) is 4.31 Å². The van der Waals surface area contributed by atoms with Crippen LogP contribution in [0.2, 0.25) is 0 Å². The second-order valence-electron chi connectivity index (χ2n) is 3.94. The van der Waals surface area contributed by atoms with Crippen molar-refractivity contribution < 1.29 is 8.42 Å². The van der Waals surface area contributed by atoms with Gasteiger partial charge in [0.05, 0.1) is 0 Å². The van der Waals surface area contributed by atoms with Crippen LogP contribution in [0.3, 0.4) is 0 Å². The highest BCUT2D eigenvalue weighted by atomic mass is 32.2. The van der Waals surface area contributed by atoms with Gasteiger partial charge in [-0.15, -0.1) is 0 Å². The normalized spacial score (nSPS) is 34.8. The Bertz CT molecular complexity index is 298. The summed E-state index contributed by atoms with van der Waals surface area (Å²) in [5.41, 5.74) is 0. The first-order chi connectivity index (χ1) is 6.62. The fourth-order valence-corrected chi connectivity index (χ4v) is 3.75. The van der Waals surface area contributed by atoms with Crippen molar-refractivity contribution in [1.82, 2.24) is 13.9 Å². The topological polar surface area (TPSA) is 52.6 Å². The van der Waals surface area contributed by atoms with Gasteiger partial charge in [0.15, 0.2) is 0 Å². The van der Waals surface area contributed by atoms with Crippen molar-refractivity contribution in [2.45, 2.75) is 18.9 Å². The molecule has 0 aromatic carbocycles. The van der Waals surface area contributed by atoms with E-state index in [1.54, 1.807) is 11.4 Å². The second kappa shape index (κ2) is 3.77. The molecule has 0 aromatic heterocycles. The number of hydrogen-bond acceptors (Lipinski definition) is 3. The molecule has 0 bridgehead atoms. The van der Waals surface area contributed by atoms with E-state index in [0.29, 0.717) is 13.1 Å². The summed E-state index contributed by atoms with van der Waals surface area (Å²) in [4.78, 5) is 0. The van der Waals surface area contributed by atoms with Gasteiger partial charge in [0.1, 0.15) is 0 Å². The lowest BCUT2D eigenvalue weighted by molar-refractivity contribution is 0.263. The summed E-state index contributed by atoms with van der Waals surface area (Å²) >= 11 is 0. The van der Waals surface area contributed by atoms with Crippen LogP contribution < -0.4 is 5.32 Å². The molecular formula is C8H17N3O2S. The van der Waals surface area contributed by atoms with Crippen LogP contribution in [0.15, 0.2) is 0 Å². The standard InChI is InChI=1S/C8H17N3O2S/c1-10-5-2-6-11(14(10,12)13)8-3-4-9-7-8/h8-9H,2-7H2,1H3/t8-/m0/s1. The first-order valence-corrected chi connectivity index (χ1v) is 6.46. The Morgan fingerprint density at radius 1 is 1.36 bits per heavy atom. The summed E-state index contributed by atoms with van der Waals surface area (Å²) in [6, 6.07) is 0.169. The smallest absolute Gasteiger partial charge is 0.282 e. The van der Waals surface area contributed by atoms with Gasteiger partial charge in [0.2, 0.25) is 0 Å². The summed E-state index contributed by atoms with van der Waals surface area (Å²) in [6.07, 6.45) is 1.87. The molecule has 2 heterocycles. The summed E-state index contributed by atoms with van der Waals surface area (Å²) in [5, 5.41) is 3.20. The van der Waals surface area contributed by atoms with Gasteiger partial charge in [-0.25, -0.2) is 0 Å². The van der Waals surface area contributed by atoms with Gasteiger partial charge in [-0.1, -0.05) is 0 Å². The fourth-order valence-electron chi connectivity index (χ4n) is 2.12. The summed E-state index contributed by atoms with van der Waals surface area (Å²) in [7, 11) is -1.50. The zero-order valence-corrected chi connectivity index (χ0v) is 9.26. The maximum Gasteiger partial charge on any atom is 0.282 e. The number of nitrogens with one attached hydrogen (secondary N) is 1. The van der Waals surface area contributed by atoms with Crippen molar-refractivity contribution in [3.05, 3.63) is 0 Å². The van der Waals surface area contributed by atoms with Gasteiger partial charge in [0.25, 0.3) is 10.2 Å². The summed E-state index contributed by atoms with van der Waals surface area (Å²) in [6.45, 7) is 3.06. The monoisotopic (exact) mass is 219 g/mol. The van der Waals surface area contributed by atoms with Gasteiger partial charge < -0.3 is 5.32 Å². The molecule has 1 N–H and O–H groups in total. The van der Waals surface area contributed by atoms with Crippen molar-refractivity contribution in [2.75, 3.05) is 33.2 Å². The molecule has 0 radical (unpaired) electrons. The predicted octanol–water partition coefficient (Wildman–Crippen LogP) is -0.769. The summed E-state index contributed by atoms with van der Waals surface area (Å²) in [5.74, 6) is 0. The third-order valence-electron chi connectivity index (χ3n) is 2.98. The Labute approximate surface area is 85.2 Å². The molecule has 0 amide bonds. The van der Waals surface area contributed by atoms with E-state index >= 15 is 0 Å². The Morgan fingerprint density at radius 2 is 2.14 bits per heavy atom. The molecule has 2 saturated heterocycles. The molecule has 2 rings (SSSR count). The first-order valence-electron chi connectivity index (χ1n) is 5.06. The van der Waals surface area contributed by atoms with Crippen molar-refractivity contribution in [2.24, 2.45) is 0 Å². The maximum absolute atomic E-state index is 11.9. The number of nitrogens with zero attached hydrogens (tertiary/aromatic N) is 2. The molecule has 14 heavy (non-hydrogen) atoms. The molecule has 0 unspecified atom stereocenters. The molecule has 0 aliphatic carbocycles. The van der Waals surface area contributed by atoms with Crippen molar-refractivity contribution >= 4 is 10.2 Å². The molecule has 1 atom stereocenters. The van der Waals surface area contributed by atoms with Crippen molar-refractivity contribution in [1.29, 1.82) is 0 Å².